The molecular weight excluding hydrogens is 252 g/mol. The normalized spacial score (nSPS) is 19.6. The zero-order valence-corrected chi connectivity index (χ0v) is 13.0. The second-order valence-electron chi connectivity index (χ2n) is 4.87. The van der Waals surface area contributed by atoms with Crippen LogP contribution in [0.25, 0.3) is 0 Å². The summed E-state index contributed by atoms with van der Waals surface area (Å²) in [5, 5.41) is 1.26. The average Bonchev–Trinajstić information content (AvgIpc) is 2.49. The molecule has 0 saturated carbocycles. The van der Waals surface area contributed by atoms with Crippen LogP contribution in [0, 0.1) is 0 Å². The van der Waals surface area contributed by atoms with Crippen LogP contribution >= 0.6 is 0 Å². The van der Waals surface area contributed by atoms with Gasteiger partial charge in [0.1, 0.15) is 0 Å². The van der Waals surface area contributed by atoms with Gasteiger partial charge in [-0.2, -0.15) is 0 Å². The molecule has 0 bridgehead atoms. The molecule has 19 heavy (non-hydrogen) atoms. The molecule has 104 valence electrons. The molecule has 0 aromatic heterocycles. The molecule has 2 nitrogen and oxygen atoms in total. The fourth-order valence-electron chi connectivity index (χ4n) is 2.86. The van der Waals surface area contributed by atoms with Crippen molar-refractivity contribution in [1.29, 1.82) is 0 Å². The molecule has 1 aliphatic carbocycles. The van der Waals surface area contributed by atoms with Crippen molar-refractivity contribution in [3.63, 3.8) is 0 Å². The third-order valence-corrected chi connectivity index (χ3v) is 7.67. The standard InChI is InChI=1S/C16H24O2Si/c1-3-17-19(18-4-2,15-11-7-5-8-12-15)16-13-9-6-10-14-16/h5,7-9,11-13,16H,3-4,6,10,14H2,1-2H3/t16-/m0/s1. The second kappa shape index (κ2) is 7.03. The predicted molar refractivity (Wildman–Crippen MR) is 81.8 cm³/mol. The second-order valence-corrected chi connectivity index (χ2v) is 8.10. The summed E-state index contributed by atoms with van der Waals surface area (Å²) in [6.07, 6.45) is 8.22. The van der Waals surface area contributed by atoms with Crippen LogP contribution < -0.4 is 5.19 Å². The summed E-state index contributed by atoms with van der Waals surface area (Å²) in [4.78, 5) is 0. The number of benzene rings is 1. The molecule has 0 fully saturated rings. The van der Waals surface area contributed by atoms with Gasteiger partial charge in [0.15, 0.2) is 0 Å². The van der Waals surface area contributed by atoms with E-state index in [0.717, 1.165) is 0 Å². The molecule has 1 atom stereocenters. The van der Waals surface area contributed by atoms with Gasteiger partial charge >= 0.3 is 8.56 Å². The monoisotopic (exact) mass is 276 g/mol. The van der Waals surface area contributed by atoms with Crippen LogP contribution in [-0.2, 0) is 8.85 Å². The van der Waals surface area contributed by atoms with E-state index in [1.54, 1.807) is 0 Å². The van der Waals surface area contributed by atoms with Gasteiger partial charge in [0.2, 0.25) is 0 Å². The van der Waals surface area contributed by atoms with Gasteiger partial charge in [-0.1, -0.05) is 42.5 Å². The van der Waals surface area contributed by atoms with E-state index in [1.165, 1.54) is 24.4 Å². The van der Waals surface area contributed by atoms with Gasteiger partial charge in [0, 0.05) is 18.8 Å². The summed E-state index contributed by atoms with van der Waals surface area (Å²) in [5.74, 6) is 0. The lowest BCUT2D eigenvalue weighted by Gasteiger charge is -2.37. The lowest BCUT2D eigenvalue weighted by Crippen LogP contribution is -2.57. The van der Waals surface area contributed by atoms with Crippen molar-refractivity contribution in [3.8, 4) is 0 Å². The Kier molecular flexibility index (Phi) is 5.37. The fraction of sp³-hybridized carbons (Fsp3) is 0.500. The molecule has 0 amide bonds. The largest absolute Gasteiger partial charge is 0.391 e. The Bertz CT molecular complexity index is 396. The number of hydrogen-bond donors (Lipinski definition) is 0. The Morgan fingerprint density at radius 3 is 2.32 bits per heavy atom. The van der Waals surface area contributed by atoms with E-state index in [2.05, 4.69) is 56.3 Å². The van der Waals surface area contributed by atoms with Gasteiger partial charge < -0.3 is 8.85 Å². The molecular formula is C16H24O2Si. The Hall–Kier alpha value is -0.903. The van der Waals surface area contributed by atoms with Crippen molar-refractivity contribution in [3.05, 3.63) is 42.5 Å². The quantitative estimate of drug-likeness (QED) is 0.584. The van der Waals surface area contributed by atoms with Gasteiger partial charge in [-0.15, -0.1) is 0 Å². The third-order valence-electron chi connectivity index (χ3n) is 3.64. The number of allylic oxidation sites excluding steroid dienone is 2. The van der Waals surface area contributed by atoms with E-state index in [-0.39, 0.29) is 0 Å². The third kappa shape index (κ3) is 3.16. The van der Waals surface area contributed by atoms with E-state index >= 15 is 0 Å². The molecule has 2 rings (SSSR count). The van der Waals surface area contributed by atoms with Gasteiger partial charge in [-0.05, 0) is 38.3 Å². The minimum atomic E-state index is -2.36. The van der Waals surface area contributed by atoms with Crippen molar-refractivity contribution in [2.24, 2.45) is 0 Å². The van der Waals surface area contributed by atoms with Crippen molar-refractivity contribution >= 4 is 13.7 Å². The molecule has 1 aromatic rings. The number of rotatable bonds is 6. The summed E-state index contributed by atoms with van der Waals surface area (Å²) in [6.45, 7) is 5.56. The molecule has 0 N–H and O–H groups in total. The lowest BCUT2D eigenvalue weighted by molar-refractivity contribution is 0.187. The lowest BCUT2D eigenvalue weighted by atomic mass is 10.1. The predicted octanol–water partition coefficient (Wildman–Crippen LogP) is 3.52. The van der Waals surface area contributed by atoms with Gasteiger partial charge in [-0.3, -0.25) is 0 Å². The molecule has 0 radical (unpaired) electrons. The first kappa shape index (κ1) is 14.5. The van der Waals surface area contributed by atoms with Gasteiger partial charge in [-0.25, -0.2) is 0 Å². The maximum atomic E-state index is 6.26. The molecule has 0 spiro atoms. The highest BCUT2D eigenvalue weighted by atomic mass is 28.4. The highest BCUT2D eigenvalue weighted by Crippen LogP contribution is 2.34. The summed E-state index contributed by atoms with van der Waals surface area (Å²) < 4.78 is 12.5. The summed E-state index contributed by atoms with van der Waals surface area (Å²) >= 11 is 0. The minimum absolute atomic E-state index is 0.434. The highest BCUT2D eigenvalue weighted by molar-refractivity contribution is 6.82. The highest BCUT2D eigenvalue weighted by Gasteiger charge is 2.46. The first-order chi connectivity index (χ1) is 9.33. The van der Waals surface area contributed by atoms with Crippen LogP contribution in [-0.4, -0.2) is 21.8 Å². The fourth-order valence-corrected chi connectivity index (χ4v) is 6.63. The SMILES string of the molecule is CCO[Si](OCC)(c1ccccc1)[C@H]1C=CCCC1. The molecule has 0 aliphatic heterocycles. The van der Waals surface area contributed by atoms with Crippen molar-refractivity contribution in [2.45, 2.75) is 38.7 Å². The molecule has 3 heteroatoms. The Morgan fingerprint density at radius 1 is 1.11 bits per heavy atom. The van der Waals surface area contributed by atoms with Crippen LogP contribution in [0.15, 0.2) is 42.5 Å². The number of hydrogen-bond acceptors (Lipinski definition) is 2. The molecule has 1 aliphatic rings. The first-order valence-electron chi connectivity index (χ1n) is 7.33. The minimum Gasteiger partial charge on any atom is -0.391 e. The van der Waals surface area contributed by atoms with Crippen molar-refractivity contribution < 1.29 is 8.85 Å². The van der Waals surface area contributed by atoms with Crippen LogP contribution in [0.3, 0.4) is 0 Å². The van der Waals surface area contributed by atoms with Crippen LogP contribution in [0.2, 0.25) is 5.54 Å². The molecule has 0 heterocycles. The van der Waals surface area contributed by atoms with Crippen molar-refractivity contribution in [2.75, 3.05) is 13.2 Å². The Labute approximate surface area is 117 Å². The van der Waals surface area contributed by atoms with Crippen molar-refractivity contribution in [1.82, 2.24) is 0 Å². The van der Waals surface area contributed by atoms with E-state index in [1.807, 2.05) is 0 Å². The topological polar surface area (TPSA) is 18.5 Å². The Balaban J connectivity index is 2.40. The maximum absolute atomic E-state index is 6.26. The van der Waals surface area contributed by atoms with Crippen LogP contribution in [0.1, 0.15) is 33.1 Å². The molecule has 1 aromatic carbocycles. The maximum Gasteiger partial charge on any atom is 0.379 e. The summed E-state index contributed by atoms with van der Waals surface area (Å²) in [5.41, 5.74) is 0.434. The smallest absolute Gasteiger partial charge is 0.379 e. The van der Waals surface area contributed by atoms with Gasteiger partial charge in [0.25, 0.3) is 0 Å². The average molecular weight is 276 g/mol. The van der Waals surface area contributed by atoms with E-state index in [9.17, 15) is 0 Å². The van der Waals surface area contributed by atoms with E-state index in [4.69, 9.17) is 8.85 Å². The summed E-state index contributed by atoms with van der Waals surface area (Å²) in [7, 11) is -2.36. The summed E-state index contributed by atoms with van der Waals surface area (Å²) in [6, 6.07) is 10.6. The zero-order chi connectivity index (χ0) is 13.6. The van der Waals surface area contributed by atoms with E-state index in [0.29, 0.717) is 18.8 Å². The van der Waals surface area contributed by atoms with Gasteiger partial charge in [0.05, 0.1) is 0 Å². The molecule has 0 unspecified atom stereocenters. The van der Waals surface area contributed by atoms with Crippen LogP contribution in [0.4, 0.5) is 0 Å². The Morgan fingerprint density at radius 2 is 1.79 bits per heavy atom. The zero-order valence-electron chi connectivity index (χ0n) is 12.0. The first-order valence-corrected chi connectivity index (χ1v) is 9.23. The van der Waals surface area contributed by atoms with Crippen LogP contribution in [0.5, 0.6) is 0 Å². The molecule has 0 saturated heterocycles. The van der Waals surface area contributed by atoms with E-state index < -0.39 is 8.56 Å².